The van der Waals surface area contributed by atoms with Crippen LogP contribution in [0.25, 0.3) is 0 Å². The molecule has 1 aliphatic rings. The molecule has 2 amide bonds. The van der Waals surface area contributed by atoms with Crippen LogP contribution < -0.4 is 5.43 Å². The van der Waals surface area contributed by atoms with E-state index >= 15 is 0 Å². The van der Waals surface area contributed by atoms with Crippen LogP contribution in [0.4, 0.5) is 9.59 Å². The fourth-order valence-corrected chi connectivity index (χ4v) is 2.06. The molecule has 0 aromatic carbocycles. The largest absolute Gasteiger partial charge is 0.449 e. The van der Waals surface area contributed by atoms with E-state index in [4.69, 9.17) is 9.47 Å². The molecule has 0 saturated heterocycles. The summed E-state index contributed by atoms with van der Waals surface area (Å²) in [5, 5.41) is 1.17. The van der Waals surface area contributed by atoms with Gasteiger partial charge in [0.25, 0.3) is 0 Å². The standard InChI is InChI=1S/C14H24N2O4/c1-3-19-13(17)15-16(14(18)20-4-2)12-10-8-6-5-7-9-11-12/h10H,3-9,11H2,1-2H3,(H,15,17)/b12-10+. The van der Waals surface area contributed by atoms with E-state index in [1.165, 1.54) is 11.4 Å². The third kappa shape index (κ3) is 5.50. The number of allylic oxidation sites excluding steroid dienone is 2. The first-order chi connectivity index (χ1) is 9.69. The van der Waals surface area contributed by atoms with Gasteiger partial charge in [0, 0.05) is 5.70 Å². The van der Waals surface area contributed by atoms with Crippen molar-refractivity contribution in [1.82, 2.24) is 10.4 Å². The molecule has 6 nitrogen and oxygen atoms in total. The molecule has 0 aromatic heterocycles. The molecule has 0 unspecified atom stereocenters. The van der Waals surface area contributed by atoms with Crippen molar-refractivity contribution >= 4 is 12.2 Å². The van der Waals surface area contributed by atoms with E-state index in [1.54, 1.807) is 13.8 Å². The van der Waals surface area contributed by atoms with Crippen LogP contribution in [0.1, 0.15) is 52.4 Å². The number of carbonyl (C=O) groups excluding carboxylic acids is 2. The minimum Gasteiger partial charge on any atom is -0.449 e. The van der Waals surface area contributed by atoms with Crippen LogP contribution in [0.15, 0.2) is 11.8 Å². The SMILES string of the molecule is CCOC(=O)NN(C(=O)OCC)/C1=C/CCCCCC1. The van der Waals surface area contributed by atoms with Gasteiger partial charge in [-0.15, -0.1) is 0 Å². The number of hydrazine groups is 1. The zero-order chi connectivity index (χ0) is 14.8. The quantitative estimate of drug-likeness (QED) is 0.807. The number of ether oxygens (including phenoxy) is 2. The summed E-state index contributed by atoms with van der Waals surface area (Å²) in [7, 11) is 0. The Balaban J connectivity index is 2.78. The van der Waals surface area contributed by atoms with Crippen LogP contribution in [0, 0.1) is 0 Å². The molecule has 20 heavy (non-hydrogen) atoms. The van der Waals surface area contributed by atoms with Gasteiger partial charge in [-0.3, -0.25) is 0 Å². The molecule has 0 fully saturated rings. The molecule has 6 heteroatoms. The molecule has 0 bridgehead atoms. The van der Waals surface area contributed by atoms with Crippen molar-refractivity contribution in [3.05, 3.63) is 11.8 Å². The number of nitrogens with zero attached hydrogens (tertiary/aromatic N) is 1. The fourth-order valence-electron chi connectivity index (χ4n) is 2.06. The van der Waals surface area contributed by atoms with Crippen LogP contribution in [0.3, 0.4) is 0 Å². The van der Waals surface area contributed by atoms with Gasteiger partial charge in [-0.1, -0.05) is 18.9 Å². The minimum atomic E-state index is -0.650. The Morgan fingerprint density at radius 3 is 2.55 bits per heavy atom. The van der Waals surface area contributed by atoms with E-state index in [0.29, 0.717) is 0 Å². The first-order valence-corrected chi connectivity index (χ1v) is 7.28. The molecule has 1 aliphatic carbocycles. The lowest BCUT2D eigenvalue weighted by Gasteiger charge is -2.25. The second kappa shape index (κ2) is 9.23. The fraction of sp³-hybridized carbons (Fsp3) is 0.714. The van der Waals surface area contributed by atoms with Gasteiger partial charge < -0.3 is 9.47 Å². The van der Waals surface area contributed by atoms with Gasteiger partial charge in [0.05, 0.1) is 13.2 Å². The Hall–Kier alpha value is -1.72. The van der Waals surface area contributed by atoms with Gasteiger partial charge >= 0.3 is 12.2 Å². The number of hydrogen-bond donors (Lipinski definition) is 1. The summed E-state index contributed by atoms with van der Waals surface area (Å²) in [6.07, 6.45) is 6.83. The van der Waals surface area contributed by atoms with E-state index in [9.17, 15) is 9.59 Å². The Kier molecular flexibility index (Phi) is 7.54. The van der Waals surface area contributed by atoms with Crippen molar-refractivity contribution < 1.29 is 19.1 Å². The number of amides is 2. The Labute approximate surface area is 120 Å². The molecule has 0 radical (unpaired) electrons. The van der Waals surface area contributed by atoms with Crippen LogP contribution >= 0.6 is 0 Å². The number of hydrogen-bond acceptors (Lipinski definition) is 4. The molecule has 0 saturated carbocycles. The van der Waals surface area contributed by atoms with Gasteiger partial charge in [0.2, 0.25) is 0 Å². The van der Waals surface area contributed by atoms with Crippen molar-refractivity contribution in [1.29, 1.82) is 0 Å². The smallest absolute Gasteiger partial charge is 0.433 e. The lowest BCUT2D eigenvalue weighted by molar-refractivity contribution is 0.0857. The van der Waals surface area contributed by atoms with Crippen LogP contribution in [-0.4, -0.2) is 30.4 Å². The van der Waals surface area contributed by atoms with Gasteiger partial charge in [0.15, 0.2) is 0 Å². The molecule has 1 rings (SSSR count). The predicted molar refractivity (Wildman–Crippen MR) is 74.8 cm³/mol. The Morgan fingerprint density at radius 2 is 1.85 bits per heavy atom. The highest BCUT2D eigenvalue weighted by Crippen LogP contribution is 2.19. The molecular formula is C14H24N2O4. The van der Waals surface area contributed by atoms with Gasteiger partial charge in [-0.2, -0.15) is 5.01 Å². The van der Waals surface area contributed by atoms with Gasteiger partial charge in [0.1, 0.15) is 0 Å². The molecule has 0 heterocycles. The highest BCUT2D eigenvalue weighted by molar-refractivity contribution is 5.75. The zero-order valence-corrected chi connectivity index (χ0v) is 12.3. The van der Waals surface area contributed by atoms with Crippen molar-refractivity contribution in [2.24, 2.45) is 0 Å². The first kappa shape index (κ1) is 16.3. The number of rotatable bonds is 3. The maximum atomic E-state index is 12.0. The van der Waals surface area contributed by atoms with E-state index in [-0.39, 0.29) is 13.2 Å². The van der Waals surface area contributed by atoms with Crippen molar-refractivity contribution in [3.8, 4) is 0 Å². The third-order valence-electron chi connectivity index (χ3n) is 2.98. The van der Waals surface area contributed by atoms with Crippen LogP contribution in [-0.2, 0) is 9.47 Å². The zero-order valence-electron chi connectivity index (χ0n) is 12.3. The van der Waals surface area contributed by atoms with Crippen LogP contribution in [0.5, 0.6) is 0 Å². The average Bonchev–Trinajstić information content (AvgIpc) is 2.37. The highest BCUT2D eigenvalue weighted by atomic mass is 16.6. The maximum absolute atomic E-state index is 12.0. The summed E-state index contributed by atoms with van der Waals surface area (Å²) < 4.78 is 9.80. The van der Waals surface area contributed by atoms with Gasteiger partial charge in [-0.25, -0.2) is 15.0 Å². The van der Waals surface area contributed by atoms with Gasteiger partial charge in [-0.05, 0) is 39.5 Å². The van der Waals surface area contributed by atoms with E-state index < -0.39 is 12.2 Å². The Morgan fingerprint density at radius 1 is 1.15 bits per heavy atom. The molecule has 1 N–H and O–H groups in total. The summed E-state index contributed by atoms with van der Waals surface area (Å²) in [6.45, 7) is 3.95. The topological polar surface area (TPSA) is 67.9 Å². The summed E-state index contributed by atoms with van der Waals surface area (Å²) in [5.41, 5.74) is 3.22. The molecule has 0 spiro atoms. The monoisotopic (exact) mass is 284 g/mol. The molecule has 0 aliphatic heterocycles. The second-order valence-corrected chi connectivity index (χ2v) is 4.51. The second-order valence-electron chi connectivity index (χ2n) is 4.51. The van der Waals surface area contributed by atoms with Crippen molar-refractivity contribution in [2.75, 3.05) is 13.2 Å². The van der Waals surface area contributed by atoms with Crippen molar-refractivity contribution in [3.63, 3.8) is 0 Å². The number of carbonyl (C=O) groups is 2. The lowest BCUT2D eigenvalue weighted by Crippen LogP contribution is -2.46. The summed E-state index contributed by atoms with van der Waals surface area (Å²) in [6, 6.07) is 0. The average molecular weight is 284 g/mol. The number of nitrogens with one attached hydrogen (secondary N) is 1. The highest BCUT2D eigenvalue weighted by Gasteiger charge is 2.22. The van der Waals surface area contributed by atoms with Crippen molar-refractivity contribution in [2.45, 2.75) is 52.4 Å². The van der Waals surface area contributed by atoms with Crippen LogP contribution in [0.2, 0.25) is 0 Å². The van der Waals surface area contributed by atoms with E-state index in [2.05, 4.69) is 5.43 Å². The van der Waals surface area contributed by atoms with E-state index in [1.807, 2.05) is 6.08 Å². The predicted octanol–water partition coefficient (Wildman–Crippen LogP) is 3.34. The lowest BCUT2D eigenvalue weighted by atomic mass is 10.0. The normalized spacial score (nSPS) is 18.0. The molecule has 0 atom stereocenters. The van der Waals surface area contributed by atoms with E-state index in [0.717, 1.165) is 37.8 Å². The summed E-state index contributed by atoms with van der Waals surface area (Å²) in [4.78, 5) is 23.5. The molecule has 114 valence electrons. The molecule has 0 aromatic rings. The molecular weight excluding hydrogens is 260 g/mol. The first-order valence-electron chi connectivity index (χ1n) is 7.28. The summed E-state index contributed by atoms with van der Waals surface area (Å²) >= 11 is 0. The maximum Gasteiger partial charge on any atom is 0.433 e. The minimum absolute atomic E-state index is 0.252. The Bertz CT molecular complexity index is 355. The third-order valence-corrected chi connectivity index (χ3v) is 2.98. The summed E-state index contributed by atoms with van der Waals surface area (Å²) in [5.74, 6) is 0.